The Morgan fingerprint density at radius 3 is 2.64 bits per heavy atom. The fraction of sp³-hybridized carbons (Fsp3) is 0.286. The Labute approximate surface area is 152 Å². The molecule has 128 valence electrons. The molecular formula is C21H22N2OS. The van der Waals surface area contributed by atoms with Crippen LogP contribution < -0.4 is 5.73 Å². The molecule has 2 N–H and O–H groups in total. The molecule has 0 unspecified atom stereocenters. The Bertz CT molecular complexity index is 874. The van der Waals surface area contributed by atoms with E-state index in [-0.39, 0.29) is 5.91 Å². The lowest BCUT2D eigenvalue weighted by atomic mass is 9.89. The summed E-state index contributed by atoms with van der Waals surface area (Å²) in [7, 11) is 0. The van der Waals surface area contributed by atoms with Crippen molar-refractivity contribution in [3.8, 4) is 0 Å². The van der Waals surface area contributed by atoms with Crippen LogP contribution in [0.5, 0.6) is 0 Å². The Balaban J connectivity index is 1.51. The summed E-state index contributed by atoms with van der Waals surface area (Å²) in [4.78, 5) is 14.9. The molecule has 2 heterocycles. The first-order valence-corrected chi connectivity index (χ1v) is 9.62. The maximum atomic E-state index is 12.9. The van der Waals surface area contributed by atoms with Gasteiger partial charge in [-0.3, -0.25) is 4.79 Å². The van der Waals surface area contributed by atoms with Crippen LogP contribution in [-0.2, 0) is 11.2 Å². The number of fused-ring (bicyclic) bond motifs is 1. The molecule has 4 rings (SSSR count). The van der Waals surface area contributed by atoms with Crippen molar-refractivity contribution < 1.29 is 4.79 Å². The number of hydrogen-bond acceptors (Lipinski definition) is 3. The van der Waals surface area contributed by atoms with Crippen LogP contribution in [0, 0.1) is 5.92 Å². The van der Waals surface area contributed by atoms with Crippen molar-refractivity contribution in [3.63, 3.8) is 0 Å². The van der Waals surface area contributed by atoms with Gasteiger partial charge in [-0.1, -0.05) is 48.5 Å². The fourth-order valence-corrected chi connectivity index (χ4v) is 4.80. The molecule has 4 heteroatoms. The monoisotopic (exact) mass is 350 g/mol. The van der Waals surface area contributed by atoms with Gasteiger partial charge in [0.25, 0.3) is 0 Å². The van der Waals surface area contributed by atoms with Crippen molar-refractivity contribution >= 4 is 27.3 Å². The fourth-order valence-electron chi connectivity index (χ4n) is 3.84. The van der Waals surface area contributed by atoms with Crippen LogP contribution in [0.25, 0.3) is 10.1 Å². The summed E-state index contributed by atoms with van der Waals surface area (Å²) in [5, 5.41) is 3.32. The summed E-state index contributed by atoms with van der Waals surface area (Å²) < 4.78 is 1.24. The SMILES string of the molecule is NC[C@@H]1CN(C(=O)Cc2csc3ccccc23)C[C@H]1c1ccccc1. The van der Waals surface area contributed by atoms with Gasteiger partial charge < -0.3 is 10.6 Å². The zero-order valence-electron chi connectivity index (χ0n) is 14.1. The molecule has 0 saturated carbocycles. The number of amides is 1. The highest BCUT2D eigenvalue weighted by molar-refractivity contribution is 7.17. The minimum atomic E-state index is 0.209. The summed E-state index contributed by atoms with van der Waals surface area (Å²) in [6.45, 7) is 2.15. The van der Waals surface area contributed by atoms with E-state index in [0.717, 1.165) is 18.7 Å². The number of hydrogen-bond donors (Lipinski definition) is 1. The molecule has 1 amide bonds. The minimum absolute atomic E-state index is 0.209. The van der Waals surface area contributed by atoms with E-state index in [4.69, 9.17) is 5.73 Å². The van der Waals surface area contributed by atoms with E-state index < -0.39 is 0 Å². The van der Waals surface area contributed by atoms with Gasteiger partial charge >= 0.3 is 0 Å². The van der Waals surface area contributed by atoms with Crippen LogP contribution in [0.2, 0.25) is 0 Å². The molecule has 1 aromatic heterocycles. The third-order valence-corrected chi connectivity index (χ3v) is 6.24. The summed E-state index contributed by atoms with van der Waals surface area (Å²) in [5.74, 6) is 0.889. The zero-order valence-corrected chi connectivity index (χ0v) is 14.9. The molecule has 0 aliphatic carbocycles. The van der Waals surface area contributed by atoms with E-state index >= 15 is 0 Å². The van der Waals surface area contributed by atoms with Crippen LogP contribution in [0.1, 0.15) is 17.0 Å². The number of likely N-dealkylation sites (tertiary alicyclic amines) is 1. The molecule has 2 aromatic carbocycles. The predicted octanol–water partition coefficient (Wildman–Crippen LogP) is 3.64. The van der Waals surface area contributed by atoms with Gasteiger partial charge in [-0.15, -0.1) is 11.3 Å². The minimum Gasteiger partial charge on any atom is -0.341 e. The maximum Gasteiger partial charge on any atom is 0.227 e. The molecule has 1 aliphatic heterocycles. The van der Waals surface area contributed by atoms with Crippen LogP contribution in [0.4, 0.5) is 0 Å². The van der Waals surface area contributed by atoms with E-state index in [1.165, 1.54) is 15.6 Å². The first-order chi connectivity index (χ1) is 12.3. The van der Waals surface area contributed by atoms with Crippen molar-refractivity contribution in [2.45, 2.75) is 12.3 Å². The van der Waals surface area contributed by atoms with Crippen LogP contribution >= 0.6 is 11.3 Å². The molecule has 1 aliphatic rings. The van der Waals surface area contributed by atoms with Crippen molar-refractivity contribution in [3.05, 3.63) is 71.1 Å². The molecule has 3 aromatic rings. The van der Waals surface area contributed by atoms with E-state index in [9.17, 15) is 4.79 Å². The molecule has 2 atom stereocenters. The normalized spacial score (nSPS) is 20.3. The number of benzene rings is 2. The average molecular weight is 350 g/mol. The van der Waals surface area contributed by atoms with E-state index in [1.54, 1.807) is 11.3 Å². The summed E-state index contributed by atoms with van der Waals surface area (Å²) in [6, 6.07) is 18.7. The number of carbonyl (C=O) groups excluding carboxylic acids is 1. The first kappa shape index (κ1) is 16.3. The van der Waals surface area contributed by atoms with Crippen molar-refractivity contribution in [1.29, 1.82) is 0 Å². The van der Waals surface area contributed by atoms with Gasteiger partial charge in [-0.25, -0.2) is 0 Å². The van der Waals surface area contributed by atoms with Crippen LogP contribution in [0.3, 0.4) is 0 Å². The molecule has 3 nitrogen and oxygen atoms in total. The third-order valence-electron chi connectivity index (χ3n) is 5.23. The van der Waals surface area contributed by atoms with E-state index in [2.05, 4.69) is 41.8 Å². The summed E-state index contributed by atoms with van der Waals surface area (Å²) >= 11 is 1.71. The van der Waals surface area contributed by atoms with Gasteiger partial charge in [-0.2, -0.15) is 0 Å². The second-order valence-corrected chi connectivity index (χ2v) is 7.66. The summed E-state index contributed by atoms with van der Waals surface area (Å²) in [6.07, 6.45) is 0.475. The Morgan fingerprint density at radius 2 is 1.84 bits per heavy atom. The smallest absolute Gasteiger partial charge is 0.227 e. The molecule has 0 spiro atoms. The number of carbonyl (C=O) groups is 1. The molecule has 1 fully saturated rings. The molecule has 0 bridgehead atoms. The number of rotatable bonds is 4. The lowest BCUT2D eigenvalue weighted by Crippen LogP contribution is -2.31. The predicted molar refractivity (Wildman–Crippen MR) is 104 cm³/mol. The highest BCUT2D eigenvalue weighted by Gasteiger charge is 2.35. The van der Waals surface area contributed by atoms with Crippen LogP contribution in [0.15, 0.2) is 60.0 Å². The van der Waals surface area contributed by atoms with Gasteiger partial charge in [0.2, 0.25) is 5.91 Å². The first-order valence-electron chi connectivity index (χ1n) is 8.74. The Hall–Kier alpha value is -2.17. The molecule has 0 radical (unpaired) electrons. The Morgan fingerprint density at radius 1 is 1.08 bits per heavy atom. The quantitative estimate of drug-likeness (QED) is 0.781. The molecule has 25 heavy (non-hydrogen) atoms. The highest BCUT2D eigenvalue weighted by Crippen LogP contribution is 2.33. The van der Waals surface area contributed by atoms with Crippen LogP contribution in [-0.4, -0.2) is 30.4 Å². The lowest BCUT2D eigenvalue weighted by molar-refractivity contribution is -0.129. The molecular weight excluding hydrogens is 328 g/mol. The second-order valence-electron chi connectivity index (χ2n) is 6.75. The van der Waals surface area contributed by atoms with Gasteiger partial charge in [0.05, 0.1) is 6.42 Å². The van der Waals surface area contributed by atoms with Gasteiger partial charge in [-0.05, 0) is 40.4 Å². The van der Waals surface area contributed by atoms with Gasteiger partial charge in [0, 0.05) is 23.7 Å². The Kier molecular flexibility index (Phi) is 4.55. The van der Waals surface area contributed by atoms with Crippen molar-refractivity contribution in [1.82, 2.24) is 4.90 Å². The van der Waals surface area contributed by atoms with E-state index in [1.807, 2.05) is 23.1 Å². The number of nitrogens with zero attached hydrogens (tertiary/aromatic N) is 1. The molecule has 1 saturated heterocycles. The number of thiophene rings is 1. The van der Waals surface area contributed by atoms with Crippen molar-refractivity contribution in [2.24, 2.45) is 11.7 Å². The van der Waals surface area contributed by atoms with E-state index in [0.29, 0.717) is 24.8 Å². The topological polar surface area (TPSA) is 46.3 Å². The maximum absolute atomic E-state index is 12.9. The largest absolute Gasteiger partial charge is 0.341 e. The van der Waals surface area contributed by atoms with Gasteiger partial charge in [0.1, 0.15) is 0 Å². The summed E-state index contributed by atoms with van der Waals surface area (Å²) in [5.41, 5.74) is 8.42. The highest BCUT2D eigenvalue weighted by atomic mass is 32.1. The van der Waals surface area contributed by atoms with Gasteiger partial charge in [0.15, 0.2) is 0 Å². The lowest BCUT2D eigenvalue weighted by Gasteiger charge is -2.17. The average Bonchev–Trinajstić information content (AvgIpc) is 3.27. The third kappa shape index (κ3) is 3.20. The standard InChI is InChI=1S/C21H22N2OS/c22-11-17-12-23(13-19(17)15-6-2-1-3-7-15)21(24)10-16-14-25-20-9-5-4-8-18(16)20/h1-9,14,17,19H,10-13,22H2/t17-,19+/m1/s1. The van der Waals surface area contributed by atoms with Crippen molar-refractivity contribution in [2.75, 3.05) is 19.6 Å². The zero-order chi connectivity index (χ0) is 17.2. The number of nitrogens with two attached hydrogens (primary N) is 1. The second kappa shape index (κ2) is 6.98.